The molecule has 2 unspecified atom stereocenters. The molecule has 0 fully saturated rings. The molecule has 0 aliphatic heterocycles. The largest absolute Gasteiger partial charge is 0.466 e. The summed E-state index contributed by atoms with van der Waals surface area (Å²) < 4.78 is 5.47. The number of unbranched alkanes of at least 4 members (excludes halogenated alkanes) is 41. The van der Waals surface area contributed by atoms with Crippen molar-refractivity contribution in [2.24, 2.45) is 0 Å². The molecule has 0 aromatic heterocycles. The molecule has 1 amide bonds. The zero-order valence-electron chi connectivity index (χ0n) is 41.4. The van der Waals surface area contributed by atoms with Gasteiger partial charge in [-0.05, 0) is 25.7 Å². The lowest BCUT2D eigenvalue weighted by atomic mass is 10.0. The molecule has 0 saturated carbocycles. The Morgan fingerprint density at radius 1 is 0.393 bits per heavy atom. The Bertz CT molecular complexity index is 867. The number of aliphatic hydroxyl groups is 2. The Hall–Kier alpha value is -1.14. The van der Waals surface area contributed by atoms with Crippen molar-refractivity contribution in [2.45, 2.75) is 328 Å². The number of esters is 1. The molecule has 3 N–H and O–H groups in total. The van der Waals surface area contributed by atoms with Gasteiger partial charge in [0.15, 0.2) is 0 Å². The predicted octanol–water partition coefficient (Wildman–Crippen LogP) is 16.7. The molecule has 0 rings (SSSR count). The zero-order valence-corrected chi connectivity index (χ0v) is 41.4. The van der Waals surface area contributed by atoms with Gasteiger partial charge in [0.1, 0.15) is 0 Å². The minimum atomic E-state index is -0.665. The first kappa shape index (κ1) is 59.9. The van der Waals surface area contributed by atoms with Crippen molar-refractivity contribution in [2.75, 3.05) is 13.2 Å². The van der Waals surface area contributed by atoms with Crippen LogP contribution in [-0.2, 0) is 14.3 Å². The number of amides is 1. The molecule has 0 radical (unpaired) electrons. The standard InChI is InChI=1S/C55H109NO5/c1-3-5-7-9-11-13-15-17-25-29-33-37-41-45-49-55(60)61-50-46-42-38-34-30-26-22-20-18-19-21-24-28-32-36-40-44-48-54(59)56-52(51-57)53(58)47-43-39-35-31-27-23-16-14-12-10-8-6-4-2/h52-53,57-58H,3-51H2,1-2H3,(H,56,59). The van der Waals surface area contributed by atoms with Crippen molar-refractivity contribution in [3.8, 4) is 0 Å². The van der Waals surface area contributed by atoms with Crippen molar-refractivity contribution in [3.05, 3.63) is 0 Å². The average Bonchev–Trinajstić information content (AvgIpc) is 3.26. The molecule has 2 atom stereocenters. The SMILES string of the molecule is CCCCCCCCCCCCCCCCC(=O)OCCCCCCCCCCCCCCCCCCCC(=O)NC(CO)C(O)CCCCCCCCCCCCCCC. The molecule has 0 bridgehead atoms. The van der Waals surface area contributed by atoms with Crippen LogP contribution in [0.4, 0.5) is 0 Å². The van der Waals surface area contributed by atoms with Gasteiger partial charge < -0.3 is 20.3 Å². The molecule has 0 saturated heterocycles. The van der Waals surface area contributed by atoms with Gasteiger partial charge in [0.25, 0.3) is 0 Å². The molecule has 6 nitrogen and oxygen atoms in total. The van der Waals surface area contributed by atoms with Crippen LogP contribution in [0.3, 0.4) is 0 Å². The molecule has 0 aliphatic carbocycles. The quantitative estimate of drug-likeness (QED) is 0.0418. The fraction of sp³-hybridized carbons (Fsp3) is 0.964. The third-order valence-electron chi connectivity index (χ3n) is 13.2. The van der Waals surface area contributed by atoms with Crippen molar-refractivity contribution in [1.29, 1.82) is 0 Å². The van der Waals surface area contributed by atoms with Crippen molar-refractivity contribution < 1.29 is 24.5 Å². The highest BCUT2D eigenvalue weighted by Crippen LogP contribution is 2.18. The van der Waals surface area contributed by atoms with Crippen LogP contribution < -0.4 is 5.32 Å². The van der Waals surface area contributed by atoms with Crippen LogP contribution in [0.15, 0.2) is 0 Å². The summed E-state index contributed by atoms with van der Waals surface area (Å²) in [6.07, 6.45) is 57.9. The second-order valence-electron chi connectivity index (χ2n) is 19.3. The van der Waals surface area contributed by atoms with Gasteiger partial charge in [0, 0.05) is 12.8 Å². The molecule has 364 valence electrons. The number of hydrogen-bond donors (Lipinski definition) is 3. The van der Waals surface area contributed by atoms with E-state index in [0.717, 1.165) is 38.5 Å². The topological polar surface area (TPSA) is 95.9 Å². The lowest BCUT2D eigenvalue weighted by Crippen LogP contribution is -2.45. The molecule has 6 heteroatoms. The first-order chi connectivity index (χ1) is 30.0. The van der Waals surface area contributed by atoms with Crippen molar-refractivity contribution in [1.82, 2.24) is 5.32 Å². The first-order valence-electron chi connectivity index (χ1n) is 27.8. The minimum Gasteiger partial charge on any atom is -0.466 e. The highest BCUT2D eigenvalue weighted by molar-refractivity contribution is 5.76. The number of aliphatic hydroxyl groups excluding tert-OH is 2. The number of rotatable bonds is 52. The van der Waals surface area contributed by atoms with E-state index in [1.807, 2.05) is 0 Å². The third-order valence-corrected chi connectivity index (χ3v) is 13.2. The summed E-state index contributed by atoms with van der Waals surface area (Å²) in [5.41, 5.74) is 0. The lowest BCUT2D eigenvalue weighted by Gasteiger charge is -2.22. The van der Waals surface area contributed by atoms with Crippen LogP contribution in [0.2, 0.25) is 0 Å². The predicted molar refractivity (Wildman–Crippen MR) is 264 cm³/mol. The molecule has 0 heterocycles. The van der Waals surface area contributed by atoms with Gasteiger partial charge >= 0.3 is 5.97 Å². The number of ether oxygens (including phenoxy) is 1. The number of nitrogens with one attached hydrogen (secondary N) is 1. The average molecular weight is 864 g/mol. The molecule has 0 aromatic carbocycles. The molecular weight excluding hydrogens is 755 g/mol. The van der Waals surface area contributed by atoms with Crippen LogP contribution in [0.25, 0.3) is 0 Å². The van der Waals surface area contributed by atoms with E-state index in [9.17, 15) is 19.8 Å². The number of carbonyl (C=O) groups is 2. The van der Waals surface area contributed by atoms with Crippen LogP contribution in [0.5, 0.6) is 0 Å². The summed E-state index contributed by atoms with van der Waals surface area (Å²) in [7, 11) is 0. The smallest absolute Gasteiger partial charge is 0.305 e. The second kappa shape index (κ2) is 51.5. The molecule has 61 heavy (non-hydrogen) atoms. The van der Waals surface area contributed by atoms with Crippen LogP contribution >= 0.6 is 0 Å². The van der Waals surface area contributed by atoms with E-state index in [-0.39, 0.29) is 18.5 Å². The fourth-order valence-corrected chi connectivity index (χ4v) is 8.88. The molecule has 0 aromatic rings. The Morgan fingerprint density at radius 2 is 0.672 bits per heavy atom. The van der Waals surface area contributed by atoms with Gasteiger partial charge in [0.05, 0.1) is 25.4 Å². The van der Waals surface area contributed by atoms with Crippen LogP contribution in [0.1, 0.15) is 316 Å². The van der Waals surface area contributed by atoms with Crippen LogP contribution in [-0.4, -0.2) is 47.4 Å². The Morgan fingerprint density at radius 3 is 1.00 bits per heavy atom. The second-order valence-corrected chi connectivity index (χ2v) is 19.3. The van der Waals surface area contributed by atoms with E-state index in [1.54, 1.807) is 0 Å². The number of hydrogen-bond acceptors (Lipinski definition) is 5. The summed E-state index contributed by atoms with van der Waals surface area (Å²) in [5, 5.41) is 23.2. The van der Waals surface area contributed by atoms with Crippen molar-refractivity contribution in [3.63, 3.8) is 0 Å². The lowest BCUT2D eigenvalue weighted by molar-refractivity contribution is -0.143. The fourth-order valence-electron chi connectivity index (χ4n) is 8.88. The molecular formula is C55H109NO5. The molecule has 0 aliphatic rings. The van der Waals surface area contributed by atoms with Crippen LogP contribution in [0, 0.1) is 0 Å². The maximum Gasteiger partial charge on any atom is 0.305 e. The van der Waals surface area contributed by atoms with E-state index < -0.39 is 12.1 Å². The van der Waals surface area contributed by atoms with Gasteiger partial charge in [-0.15, -0.1) is 0 Å². The van der Waals surface area contributed by atoms with E-state index in [2.05, 4.69) is 19.2 Å². The van der Waals surface area contributed by atoms with E-state index in [1.165, 1.54) is 244 Å². The zero-order chi connectivity index (χ0) is 44.4. The maximum atomic E-state index is 12.4. The molecule has 0 spiro atoms. The Labute approximate surface area is 381 Å². The summed E-state index contributed by atoms with van der Waals surface area (Å²) in [6, 6.07) is -0.543. The maximum absolute atomic E-state index is 12.4. The van der Waals surface area contributed by atoms with Gasteiger partial charge in [-0.1, -0.05) is 277 Å². The number of carbonyl (C=O) groups excluding carboxylic acids is 2. The van der Waals surface area contributed by atoms with Gasteiger partial charge in [0.2, 0.25) is 5.91 Å². The van der Waals surface area contributed by atoms with E-state index in [0.29, 0.717) is 25.9 Å². The minimum absolute atomic E-state index is 0.00832. The monoisotopic (exact) mass is 864 g/mol. The van der Waals surface area contributed by atoms with Gasteiger partial charge in [-0.2, -0.15) is 0 Å². The van der Waals surface area contributed by atoms with E-state index in [4.69, 9.17) is 4.74 Å². The summed E-state index contributed by atoms with van der Waals surface area (Å²) >= 11 is 0. The Balaban J connectivity index is 3.39. The third kappa shape index (κ3) is 48.2. The van der Waals surface area contributed by atoms with Crippen molar-refractivity contribution >= 4 is 11.9 Å². The summed E-state index contributed by atoms with van der Waals surface area (Å²) in [4.78, 5) is 24.5. The first-order valence-corrected chi connectivity index (χ1v) is 27.8. The normalized spacial score (nSPS) is 12.5. The van der Waals surface area contributed by atoms with Gasteiger partial charge in [-0.3, -0.25) is 9.59 Å². The summed E-state index contributed by atoms with van der Waals surface area (Å²) in [6.45, 7) is 4.96. The summed E-state index contributed by atoms with van der Waals surface area (Å²) in [5.74, 6) is -0.0303. The highest BCUT2D eigenvalue weighted by Gasteiger charge is 2.20. The highest BCUT2D eigenvalue weighted by atomic mass is 16.5. The Kier molecular flexibility index (Phi) is 50.5. The van der Waals surface area contributed by atoms with E-state index >= 15 is 0 Å². The van der Waals surface area contributed by atoms with Gasteiger partial charge in [-0.25, -0.2) is 0 Å².